The third kappa shape index (κ3) is 10.1. The Morgan fingerprint density at radius 2 is 1.40 bits per heavy atom. The van der Waals surface area contributed by atoms with Crippen LogP contribution in [0.2, 0.25) is 5.02 Å². The topological polar surface area (TPSA) is 86.8 Å². The Kier molecular flexibility index (Phi) is 12.2. The lowest BCUT2D eigenvalue weighted by Crippen LogP contribution is -2.53. The van der Waals surface area contributed by atoms with Crippen LogP contribution in [-0.4, -0.2) is 54.8 Å². The lowest BCUT2D eigenvalue weighted by molar-refractivity contribution is -0.141. The third-order valence-electron chi connectivity index (χ3n) is 6.60. The number of carbonyl (C=O) groups excluding carboxylic acids is 2. The van der Waals surface area contributed by atoms with Crippen molar-refractivity contribution < 1.29 is 18.0 Å². The van der Waals surface area contributed by atoms with Gasteiger partial charge in [-0.05, 0) is 35.2 Å². The van der Waals surface area contributed by atoms with Crippen LogP contribution < -0.4 is 5.32 Å². The maximum absolute atomic E-state index is 14.0. The van der Waals surface area contributed by atoms with E-state index in [-0.39, 0.29) is 25.4 Å². The zero-order valence-electron chi connectivity index (χ0n) is 23.1. The number of nitrogens with one attached hydrogen (secondary N) is 1. The van der Waals surface area contributed by atoms with E-state index in [4.69, 9.17) is 11.6 Å². The summed E-state index contributed by atoms with van der Waals surface area (Å²) < 4.78 is 26.6. The highest BCUT2D eigenvalue weighted by atomic mass is 35.5. The van der Waals surface area contributed by atoms with E-state index in [0.717, 1.165) is 46.5 Å². The van der Waals surface area contributed by atoms with Crippen molar-refractivity contribution in [3.05, 3.63) is 107 Å². The van der Waals surface area contributed by atoms with Crippen LogP contribution in [0.1, 0.15) is 42.9 Å². The highest BCUT2D eigenvalue weighted by molar-refractivity contribution is 7.88. The largest absolute Gasteiger partial charge is 0.354 e. The second-order valence-electron chi connectivity index (χ2n) is 9.87. The number of halogens is 1. The third-order valence-corrected chi connectivity index (χ3v) is 8.05. The summed E-state index contributed by atoms with van der Waals surface area (Å²) in [5.74, 6) is -0.725. The number of nitrogens with zero attached hydrogens (tertiary/aromatic N) is 2. The normalized spacial score (nSPS) is 12.2. The van der Waals surface area contributed by atoms with Crippen molar-refractivity contribution in [3.8, 4) is 0 Å². The summed E-state index contributed by atoms with van der Waals surface area (Å²) in [5, 5.41) is 3.56. The second kappa shape index (κ2) is 15.6. The minimum absolute atomic E-state index is 0.0484. The van der Waals surface area contributed by atoms with Crippen molar-refractivity contribution in [2.75, 3.05) is 19.3 Å². The fourth-order valence-corrected chi connectivity index (χ4v) is 5.22. The molecule has 0 bridgehead atoms. The molecule has 0 spiro atoms. The monoisotopic (exact) mass is 583 g/mol. The lowest BCUT2D eigenvalue weighted by atomic mass is 10.0. The fraction of sp³-hybridized carbons (Fsp3) is 0.355. The number of hydrogen-bond acceptors (Lipinski definition) is 4. The van der Waals surface area contributed by atoms with E-state index in [1.807, 2.05) is 60.7 Å². The maximum Gasteiger partial charge on any atom is 0.243 e. The fourth-order valence-electron chi connectivity index (χ4n) is 4.36. The molecule has 40 heavy (non-hydrogen) atoms. The van der Waals surface area contributed by atoms with Gasteiger partial charge in [-0.2, -0.15) is 4.31 Å². The van der Waals surface area contributed by atoms with E-state index in [1.54, 1.807) is 24.3 Å². The van der Waals surface area contributed by atoms with Gasteiger partial charge in [-0.25, -0.2) is 8.42 Å². The highest BCUT2D eigenvalue weighted by Crippen LogP contribution is 2.18. The van der Waals surface area contributed by atoms with E-state index in [2.05, 4.69) is 12.2 Å². The molecule has 1 N–H and O–H groups in total. The molecule has 0 aliphatic heterocycles. The molecule has 0 aliphatic carbocycles. The number of sulfonamides is 1. The van der Waals surface area contributed by atoms with Gasteiger partial charge in [0, 0.05) is 31.1 Å². The first kappa shape index (κ1) is 31.3. The summed E-state index contributed by atoms with van der Waals surface area (Å²) in [6.45, 7) is 2.38. The molecule has 7 nitrogen and oxygen atoms in total. The van der Waals surface area contributed by atoms with Gasteiger partial charge in [0.15, 0.2) is 0 Å². The Morgan fingerprint density at radius 1 is 0.825 bits per heavy atom. The molecule has 1 atom stereocenters. The number of unbranched alkanes of at least 4 members (excludes halogenated alkanes) is 2. The highest BCUT2D eigenvalue weighted by Gasteiger charge is 2.32. The average molecular weight is 584 g/mol. The zero-order chi connectivity index (χ0) is 29.0. The van der Waals surface area contributed by atoms with E-state index in [9.17, 15) is 18.0 Å². The summed E-state index contributed by atoms with van der Waals surface area (Å²) >= 11 is 6.09. The van der Waals surface area contributed by atoms with Crippen LogP contribution in [0.25, 0.3) is 0 Å². The number of hydrogen-bond donors (Lipinski definition) is 1. The Morgan fingerprint density at radius 3 is 1.98 bits per heavy atom. The maximum atomic E-state index is 14.0. The summed E-state index contributed by atoms with van der Waals surface area (Å²) in [4.78, 5) is 29.1. The van der Waals surface area contributed by atoms with Crippen LogP contribution in [0.15, 0.2) is 84.9 Å². The molecule has 9 heteroatoms. The molecule has 0 unspecified atom stereocenters. The van der Waals surface area contributed by atoms with Gasteiger partial charge in [0.25, 0.3) is 0 Å². The van der Waals surface area contributed by atoms with Crippen LogP contribution in [0, 0.1) is 0 Å². The number of carbonyl (C=O) groups is 2. The van der Waals surface area contributed by atoms with Gasteiger partial charge < -0.3 is 10.2 Å². The second-order valence-corrected chi connectivity index (χ2v) is 12.3. The first-order chi connectivity index (χ1) is 19.2. The summed E-state index contributed by atoms with van der Waals surface area (Å²) in [6, 6.07) is 24.9. The molecule has 2 amide bonds. The lowest BCUT2D eigenvalue weighted by Gasteiger charge is -2.33. The number of benzene rings is 3. The molecular formula is C31H38ClN3O4S. The van der Waals surface area contributed by atoms with Crippen molar-refractivity contribution in [3.63, 3.8) is 0 Å². The van der Waals surface area contributed by atoms with Gasteiger partial charge in [-0.1, -0.05) is 104 Å². The molecule has 0 radical (unpaired) electrons. The van der Waals surface area contributed by atoms with Crippen molar-refractivity contribution in [2.24, 2.45) is 0 Å². The molecule has 0 saturated carbocycles. The van der Waals surface area contributed by atoms with Gasteiger partial charge in [0.1, 0.15) is 6.04 Å². The predicted octanol–water partition coefficient (Wildman–Crippen LogP) is 5.05. The minimum atomic E-state index is -3.73. The van der Waals surface area contributed by atoms with E-state index >= 15 is 0 Å². The molecule has 0 fully saturated rings. The minimum Gasteiger partial charge on any atom is -0.354 e. The number of amides is 2. The van der Waals surface area contributed by atoms with Crippen molar-refractivity contribution >= 4 is 33.4 Å². The van der Waals surface area contributed by atoms with Crippen molar-refractivity contribution in [1.29, 1.82) is 0 Å². The SMILES string of the molecule is CCCCCNC(=O)[C@H](Cc1ccccc1)N(Cc1ccc(Cl)cc1)C(=O)CN(Cc1ccccc1)S(C)(=O)=O. The summed E-state index contributed by atoms with van der Waals surface area (Å²) in [6.07, 6.45) is 4.23. The first-order valence-electron chi connectivity index (χ1n) is 13.5. The standard InChI is InChI=1S/C31H38ClN3O4S/c1-3-4-11-20-33-31(37)29(21-25-12-7-5-8-13-25)35(23-27-16-18-28(32)19-17-27)30(36)24-34(40(2,38)39)22-26-14-9-6-10-15-26/h5-10,12-19,29H,3-4,11,20-24H2,1-2H3,(H,33,37)/t29-/m0/s1. The molecule has 214 valence electrons. The van der Waals surface area contributed by atoms with Crippen LogP contribution in [0.5, 0.6) is 0 Å². The van der Waals surface area contributed by atoms with Crippen LogP contribution in [0.4, 0.5) is 0 Å². The molecular weight excluding hydrogens is 546 g/mol. The van der Waals surface area contributed by atoms with Crippen molar-refractivity contribution in [2.45, 2.75) is 51.7 Å². The molecule has 0 aliphatic rings. The smallest absolute Gasteiger partial charge is 0.243 e. The van der Waals surface area contributed by atoms with Gasteiger partial charge in [-0.3, -0.25) is 9.59 Å². The Bertz CT molecular complexity index is 1320. The molecule has 3 aromatic rings. The van der Waals surface area contributed by atoms with E-state index < -0.39 is 28.5 Å². The van der Waals surface area contributed by atoms with Crippen molar-refractivity contribution in [1.82, 2.24) is 14.5 Å². The van der Waals surface area contributed by atoms with Gasteiger partial charge in [0.2, 0.25) is 21.8 Å². The molecule has 3 rings (SSSR count). The first-order valence-corrected chi connectivity index (χ1v) is 15.7. The van der Waals surface area contributed by atoms with Gasteiger partial charge >= 0.3 is 0 Å². The van der Waals surface area contributed by atoms with Gasteiger partial charge in [0.05, 0.1) is 12.8 Å². The molecule has 3 aromatic carbocycles. The zero-order valence-corrected chi connectivity index (χ0v) is 24.7. The molecule has 0 heterocycles. The molecule has 0 saturated heterocycles. The van der Waals surface area contributed by atoms with Crippen LogP contribution in [0.3, 0.4) is 0 Å². The molecule has 0 aromatic heterocycles. The van der Waals surface area contributed by atoms with Gasteiger partial charge in [-0.15, -0.1) is 0 Å². The summed E-state index contributed by atoms with van der Waals surface area (Å²) in [5.41, 5.74) is 2.44. The predicted molar refractivity (Wildman–Crippen MR) is 160 cm³/mol. The van der Waals surface area contributed by atoms with E-state index in [0.29, 0.717) is 11.6 Å². The Labute approximate surface area is 243 Å². The summed E-state index contributed by atoms with van der Waals surface area (Å²) in [7, 11) is -3.73. The van der Waals surface area contributed by atoms with Crippen LogP contribution in [-0.2, 0) is 39.1 Å². The van der Waals surface area contributed by atoms with E-state index in [1.165, 1.54) is 4.90 Å². The van der Waals surface area contributed by atoms with Crippen LogP contribution >= 0.6 is 11.6 Å². The number of rotatable bonds is 15. The Balaban J connectivity index is 1.95. The average Bonchev–Trinajstić information content (AvgIpc) is 2.94. The Hall–Kier alpha value is -3.20. The quantitative estimate of drug-likeness (QED) is 0.254.